The van der Waals surface area contributed by atoms with E-state index in [1.54, 1.807) is 0 Å². The summed E-state index contributed by atoms with van der Waals surface area (Å²) in [6.45, 7) is 1.29. The molecule has 156 valence electrons. The number of benzene rings is 2. The van der Waals surface area contributed by atoms with Crippen molar-refractivity contribution < 1.29 is 35.9 Å². The molecule has 0 fully saturated rings. The highest BCUT2D eigenvalue weighted by atomic mass is 32.2. The maximum absolute atomic E-state index is 12.6. The third-order valence-electron chi connectivity index (χ3n) is 3.53. The molecule has 1 atom stereocenters. The molecule has 7 nitrogen and oxygen atoms in total. The molecule has 2 N–H and O–H groups in total. The molecule has 0 spiro atoms. The van der Waals surface area contributed by atoms with Gasteiger partial charge in [-0.1, -0.05) is 6.07 Å². The van der Waals surface area contributed by atoms with Gasteiger partial charge in [0.2, 0.25) is 10.0 Å². The number of amides is 1. The molecule has 1 amide bonds. The summed E-state index contributed by atoms with van der Waals surface area (Å²) in [7, 11) is -3.54. The number of alkyl halides is 3. The highest BCUT2D eigenvalue weighted by Crippen LogP contribution is 2.29. The Morgan fingerprint density at radius 2 is 1.66 bits per heavy atom. The van der Waals surface area contributed by atoms with E-state index in [4.69, 9.17) is 4.74 Å². The summed E-state index contributed by atoms with van der Waals surface area (Å²) in [5, 5.41) is 2.34. The van der Waals surface area contributed by atoms with Crippen molar-refractivity contribution in [3.05, 3.63) is 59.7 Å². The Morgan fingerprint density at radius 1 is 1.03 bits per heavy atom. The molecule has 0 aromatic heterocycles. The number of hydrogen-bond acceptors (Lipinski definition) is 5. The van der Waals surface area contributed by atoms with E-state index < -0.39 is 39.7 Å². The monoisotopic (exact) mass is 430 g/mol. The zero-order chi connectivity index (χ0) is 21.8. The van der Waals surface area contributed by atoms with Crippen LogP contribution in [0.5, 0.6) is 0 Å². The van der Waals surface area contributed by atoms with Gasteiger partial charge >= 0.3 is 12.1 Å². The lowest BCUT2D eigenvalue weighted by Crippen LogP contribution is -2.30. The van der Waals surface area contributed by atoms with Gasteiger partial charge < -0.3 is 10.1 Å². The fraction of sp³-hybridized carbons (Fsp3) is 0.222. The molecule has 0 aliphatic carbocycles. The van der Waals surface area contributed by atoms with Crippen molar-refractivity contribution in [2.24, 2.45) is 0 Å². The fourth-order valence-electron chi connectivity index (χ4n) is 2.19. The first-order chi connectivity index (χ1) is 13.3. The molecule has 0 saturated heterocycles. The SMILES string of the molecule is CC(OC(=O)c1cccc(NS(C)(=O)=O)c1)C(=O)Nc1ccc(C(F)(F)F)cc1. The van der Waals surface area contributed by atoms with E-state index in [0.717, 1.165) is 30.5 Å². The summed E-state index contributed by atoms with van der Waals surface area (Å²) in [6.07, 6.45) is -4.80. The van der Waals surface area contributed by atoms with E-state index >= 15 is 0 Å². The normalized spacial score (nSPS) is 12.7. The lowest BCUT2D eigenvalue weighted by molar-refractivity contribution is -0.137. The summed E-state index contributed by atoms with van der Waals surface area (Å²) in [5.74, 6) is -1.62. The molecule has 1 unspecified atom stereocenters. The number of carbonyl (C=O) groups is 2. The Labute approximate surface area is 164 Å². The van der Waals surface area contributed by atoms with Crippen LogP contribution < -0.4 is 10.0 Å². The Kier molecular flexibility index (Phi) is 6.52. The molecular formula is C18H17F3N2O5S. The minimum absolute atomic E-state index is 0.00725. The van der Waals surface area contributed by atoms with E-state index in [0.29, 0.717) is 0 Å². The van der Waals surface area contributed by atoms with Crippen LogP contribution in [0.25, 0.3) is 0 Å². The summed E-state index contributed by atoms with van der Waals surface area (Å²) >= 11 is 0. The van der Waals surface area contributed by atoms with Crippen LogP contribution in [0.3, 0.4) is 0 Å². The number of anilines is 2. The van der Waals surface area contributed by atoms with Crippen molar-refractivity contribution in [1.82, 2.24) is 0 Å². The van der Waals surface area contributed by atoms with Crippen LogP contribution in [0.4, 0.5) is 24.5 Å². The second-order valence-corrected chi connectivity index (χ2v) is 7.82. The Hall–Kier alpha value is -3.08. The number of halogens is 3. The number of carbonyl (C=O) groups excluding carboxylic acids is 2. The van der Waals surface area contributed by atoms with Gasteiger partial charge in [0.05, 0.1) is 17.4 Å². The summed E-state index contributed by atoms with van der Waals surface area (Å²) < 4.78 is 67.4. The predicted molar refractivity (Wildman–Crippen MR) is 99.9 cm³/mol. The van der Waals surface area contributed by atoms with Gasteiger partial charge in [-0.2, -0.15) is 13.2 Å². The van der Waals surface area contributed by atoms with Crippen molar-refractivity contribution in [2.45, 2.75) is 19.2 Å². The van der Waals surface area contributed by atoms with E-state index in [1.165, 1.54) is 31.2 Å². The number of sulfonamides is 1. The largest absolute Gasteiger partial charge is 0.449 e. The minimum atomic E-state index is -4.49. The van der Waals surface area contributed by atoms with Crippen molar-refractivity contribution >= 4 is 33.3 Å². The van der Waals surface area contributed by atoms with Crippen LogP contribution in [-0.4, -0.2) is 32.7 Å². The van der Waals surface area contributed by atoms with E-state index in [-0.39, 0.29) is 16.9 Å². The first kappa shape index (κ1) is 22.2. The van der Waals surface area contributed by atoms with Gasteiger partial charge in [0.15, 0.2) is 6.10 Å². The molecule has 0 saturated carbocycles. The van der Waals surface area contributed by atoms with Crippen molar-refractivity contribution in [2.75, 3.05) is 16.3 Å². The van der Waals surface area contributed by atoms with Crippen LogP contribution >= 0.6 is 0 Å². The second-order valence-electron chi connectivity index (χ2n) is 6.07. The number of ether oxygens (including phenoxy) is 1. The smallest absolute Gasteiger partial charge is 0.416 e. The third-order valence-corrected chi connectivity index (χ3v) is 4.14. The maximum atomic E-state index is 12.6. The zero-order valence-corrected chi connectivity index (χ0v) is 16.1. The first-order valence-electron chi connectivity index (χ1n) is 8.12. The summed E-state index contributed by atoms with van der Waals surface area (Å²) in [4.78, 5) is 24.3. The average Bonchev–Trinajstić information content (AvgIpc) is 2.60. The van der Waals surface area contributed by atoms with Crippen molar-refractivity contribution in [3.8, 4) is 0 Å². The van der Waals surface area contributed by atoms with Gasteiger partial charge in [0.1, 0.15) is 0 Å². The van der Waals surface area contributed by atoms with Crippen molar-refractivity contribution in [3.63, 3.8) is 0 Å². The molecule has 0 aliphatic heterocycles. The Morgan fingerprint density at radius 3 is 2.21 bits per heavy atom. The van der Waals surface area contributed by atoms with Gasteiger partial charge in [-0.25, -0.2) is 13.2 Å². The maximum Gasteiger partial charge on any atom is 0.416 e. The number of nitrogens with one attached hydrogen (secondary N) is 2. The average molecular weight is 430 g/mol. The van der Waals surface area contributed by atoms with Crippen LogP contribution in [0.15, 0.2) is 48.5 Å². The molecule has 0 radical (unpaired) electrons. The quantitative estimate of drug-likeness (QED) is 0.685. The summed E-state index contributed by atoms with van der Waals surface area (Å²) in [6, 6.07) is 9.25. The topological polar surface area (TPSA) is 102 Å². The molecule has 2 rings (SSSR count). The fourth-order valence-corrected chi connectivity index (χ4v) is 2.75. The molecular weight excluding hydrogens is 413 g/mol. The lowest BCUT2D eigenvalue weighted by Gasteiger charge is -2.14. The molecule has 11 heteroatoms. The predicted octanol–water partition coefficient (Wildman–Crippen LogP) is 3.26. The molecule has 29 heavy (non-hydrogen) atoms. The molecule has 0 bridgehead atoms. The Balaban J connectivity index is 2.00. The number of hydrogen-bond donors (Lipinski definition) is 2. The molecule has 0 aliphatic rings. The van der Waals surface area contributed by atoms with Crippen LogP contribution in [0, 0.1) is 0 Å². The van der Waals surface area contributed by atoms with Gasteiger partial charge in [-0.15, -0.1) is 0 Å². The second kappa shape index (κ2) is 8.52. The standard InChI is InChI=1S/C18H17F3N2O5S/c1-11(16(24)22-14-8-6-13(7-9-14)18(19,20)21)28-17(25)12-4-3-5-15(10-12)23-29(2,26)27/h3-11,23H,1-2H3,(H,22,24). The van der Waals surface area contributed by atoms with E-state index in [2.05, 4.69) is 10.0 Å². The number of rotatable bonds is 6. The van der Waals surface area contributed by atoms with E-state index in [9.17, 15) is 31.2 Å². The Bertz CT molecular complexity index is 1000. The van der Waals surface area contributed by atoms with Crippen LogP contribution in [-0.2, 0) is 25.7 Å². The molecule has 2 aromatic carbocycles. The minimum Gasteiger partial charge on any atom is -0.449 e. The number of esters is 1. The highest BCUT2D eigenvalue weighted by molar-refractivity contribution is 7.92. The van der Waals surface area contributed by atoms with E-state index in [1.807, 2.05) is 0 Å². The third kappa shape index (κ3) is 6.79. The lowest BCUT2D eigenvalue weighted by atomic mass is 10.2. The summed E-state index contributed by atoms with van der Waals surface area (Å²) in [5.41, 5.74) is -0.612. The molecule has 2 aromatic rings. The van der Waals surface area contributed by atoms with Gasteiger partial charge in [0, 0.05) is 11.4 Å². The molecule has 0 heterocycles. The van der Waals surface area contributed by atoms with Gasteiger partial charge in [0.25, 0.3) is 5.91 Å². The zero-order valence-electron chi connectivity index (χ0n) is 15.3. The first-order valence-corrected chi connectivity index (χ1v) is 10.0. The van der Waals surface area contributed by atoms with Crippen molar-refractivity contribution in [1.29, 1.82) is 0 Å². The van der Waals surface area contributed by atoms with Crippen LogP contribution in [0.1, 0.15) is 22.8 Å². The van der Waals surface area contributed by atoms with Crippen LogP contribution in [0.2, 0.25) is 0 Å². The van der Waals surface area contributed by atoms with Gasteiger partial charge in [-0.3, -0.25) is 9.52 Å². The van der Waals surface area contributed by atoms with Gasteiger partial charge in [-0.05, 0) is 49.4 Å². The highest BCUT2D eigenvalue weighted by Gasteiger charge is 2.30.